The summed E-state index contributed by atoms with van der Waals surface area (Å²) in [4.78, 5) is 0. The lowest BCUT2D eigenvalue weighted by molar-refractivity contribution is 0.613. The molecule has 0 unspecified atom stereocenters. The normalized spacial score (nSPS) is 21.1. The molecule has 64 valence electrons. The number of hydrogen-bond donors (Lipinski definition) is 1. The molecular formula is C10H12FN. The van der Waals surface area contributed by atoms with E-state index in [4.69, 9.17) is 5.73 Å². The van der Waals surface area contributed by atoms with E-state index >= 15 is 0 Å². The van der Waals surface area contributed by atoms with E-state index in [1.807, 2.05) is 6.07 Å². The van der Waals surface area contributed by atoms with Gasteiger partial charge in [-0.3, -0.25) is 0 Å². The molecule has 0 spiro atoms. The zero-order valence-electron chi connectivity index (χ0n) is 7.10. The summed E-state index contributed by atoms with van der Waals surface area (Å²) >= 11 is 0. The fourth-order valence-electron chi connectivity index (χ4n) is 1.78. The fourth-order valence-corrected chi connectivity index (χ4v) is 1.78. The molecule has 1 aromatic carbocycles. The third kappa shape index (κ3) is 1.03. The Morgan fingerprint density at radius 2 is 2.25 bits per heavy atom. The first-order valence-corrected chi connectivity index (χ1v) is 4.23. The average molecular weight is 165 g/mol. The van der Waals surface area contributed by atoms with Crippen LogP contribution in [0.25, 0.3) is 0 Å². The van der Waals surface area contributed by atoms with E-state index in [0.717, 1.165) is 24.0 Å². The molecular weight excluding hydrogens is 153 g/mol. The Morgan fingerprint density at radius 1 is 1.50 bits per heavy atom. The molecule has 1 aliphatic carbocycles. The van der Waals surface area contributed by atoms with E-state index < -0.39 is 0 Å². The molecule has 12 heavy (non-hydrogen) atoms. The van der Waals surface area contributed by atoms with Crippen molar-refractivity contribution in [3.63, 3.8) is 0 Å². The molecule has 0 bridgehead atoms. The SMILES string of the molecule is Cc1cc2c(cc1F)[C@H](N)CC2. The van der Waals surface area contributed by atoms with Crippen molar-refractivity contribution in [2.45, 2.75) is 25.8 Å². The lowest BCUT2D eigenvalue weighted by atomic mass is 10.1. The van der Waals surface area contributed by atoms with Gasteiger partial charge < -0.3 is 5.73 Å². The lowest BCUT2D eigenvalue weighted by Crippen LogP contribution is -2.05. The van der Waals surface area contributed by atoms with Gasteiger partial charge in [-0.25, -0.2) is 4.39 Å². The number of benzene rings is 1. The van der Waals surface area contributed by atoms with Gasteiger partial charge >= 0.3 is 0 Å². The van der Waals surface area contributed by atoms with Crippen molar-refractivity contribution in [2.24, 2.45) is 5.73 Å². The third-order valence-electron chi connectivity index (χ3n) is 2.54. The first-order chi connectivity index (χ1) is 5.68. The van der Waals surface area contributed by atoms with E-state index in [-0.39, 0.29) is 11.9 Å². The maximum absolute atomic E-state index is 13.1. The van der Waals surface area contributed by atoms with Crippen LogP contribution in [0.4, 0.5) is 4.39 Å². The molecule has 0 saturated carbocycles. The predicted octanol–water partition coefficient (Wildman–Crippen LogP) is 2.08. The molecule has 2 heteroatoms. The van der Waals surface area contributed by atoms with E-state index in [2.05, 4.69) is 0 Å². The number of nitrogens with two attached hydrogens (primary N) is 1. The minimum atomic E-state index is -0.133. The van der Waals surface area contributed by atoms with Gasteiger partial charge in [0.2, 0.25) is 0 Å². The number of halogens is 1. The van der Waals surface area contributed by atoms with E-state index in [9.17, 15) is 4.39 Å². The van der Waals surface area contributed by atoms with Crippen LogP contribution in [0.5, 0.6) is 0 Å². The molecule has 0 heterocycles. The van der Waals surface area contributed by atoms with Gasteiger partial charge in [-0.1, -0.05) is 6.07 Å². The second-order valence-electron chi connectivity index (χ2n) is 3.45. The van der Waals surface area contributed by atoms with Crippen molar-refractivity contribution in [3.05, 3.63) is 34.6 Å². The van der Waals surface area contributed by atoms with Crippen LogP contribution in [0.15, 0.2) is 12.1 Å². The minimum absolute atomic E-state index is 0.0510. The summed E-state index contributed by atoms with van der Waals surface area (Å²) < 4.78 is 13.1. The van der Waals surface area contributed by atoms with Gasteiger partial charge in [0.15, 0.2) is 0 Å². The van der Waals surface area contributed by atoms with Crippen molar-refractivity contribution in [1.29, 1.82) is 0 Å². The van der Waals surface area contributed by atoms with Crippen LogP contribution in [-0.4, -0.2) is 0 Å². The second-order valence-corrected chi connectivity index (χ2v) is 3.45. The quantitative estimate of drug-likeness (QED) is 0.625. The smallest absolute Gasteiger partial charge is 0.126 e. The standard InChI is InChI=1S/C10H12FN/c1-6-4-7-2-3-10(12)8(7)5-9(6)11/h4-5,10H,2-3,12H2,1H3/t10-/m1/s1. The molecule has 0 amide bonds. The van der Waals surface area contributed by atoms with Gasteiger partial charge in [0.05, 0.1) is 0 Å². The minimum Gasteiger partial charge on any atom is -0.324 e. The molecule has 1 aromatic rings. The molecule has 0 radical (unpaired) electrons. The van der Waals surface area contributed by atoms with Crippen molar-refractivity contribution in [1.82, 2.24) is 0 Å². The molecule has 0 fully saturated rings. The summed E-state index contributed by atoms with van der Waals surface area (Å²) in [6, 6.07) is 3.55. The summed E-state index contributed by atoms with van der Waals surface area (Å²) in [5.41, 5.74) is 8.75. The number of fused-ring (bicyclic) bond motifs is 1. The van der Waals surface area contributed by atoms with E-state index in [1.165, 1.54) is 5.56 Å². The molecule has 1 aliphatic rings. The first kappa shape index (κ1) is 7.74. The maximum atomic E-state index is 13.1. The molecule has 0 saturated heterocycles. The summed E-state index contributed by atoms with van der Waals surface area (Å²) in [6.07, 6.45) is 1.95. The van der Waals surface area contributed by atoms with Gasteiger partial charge in [-0.2, -0.15) is 0 Å². The third-order valence-corrected chi connectivity index (χ3v) is 2.54. The Kier molecular flexibility index (Phi) is 1.65. The zero-order valence-corrected chi connectivity index (χ0v) is 7.10. The van der Waals surface area contributed by atoms with E-state index in [1.54, 1.807) is 13.0 Å². The van der Waals surface area contributed by atoms with Crippen molar-refractivity contribution < 1.29 is 4.39 Å². The maximum Gasteiger partial charge on any atom is 0.126 e. The van der Waals surface area contributed by atoms with Crippen molar-refractivity contribution >= 4 is 0 Å². The summed E-state index contributed by atoms with van der Waals surface area (Å²) in [6.45, 7) is 1.79. The summed E-state index contributed by atoms with van der Waals surface area (Å²) in [7, 11) is 0. The summed E-state index contributed by atoms with van der Waals surface area (Å²) in [5, 5.41) is 0. The Labute approximate surface area is 71.4 Å². The average Bonchev–Trinajstić information content (AvgIpc) is 2.35. The van der Waals surface area contributed by atoms with Crippen LogP contribution in [0.3, 0.4) is 0 Å². The molecule has 2 N–H and O–H groups in total. The first-order valence-electron chi connectivity index (χ1n) is 4.23. The van der Waals surface area contributed by atoms with Crippen LogP contribution in [0.1, 0.15) is 29.2 Å². The molecule has 2 rings (SSSR count). The van der Waals surface area contributed by atoms with E-state index in [0.29, 0.717) is 0 Å². The van der Waals surface area contributed by atoms with Gasteiger partial charge in [-0.15, -0.1) is 0 Å². The lowest BCUT2D eigenvalue weighted by Gasteiger charge is -2.05. The van der Waals surface area contributed by atoms with Crippen LogP contribution in [0, 0.1) is 12.7 Å². The number of hydrogen-bond acceptors (Lipinski definition) is 1. The topological polar surface area (TPSA) is 26.0 Å². The molecule has 1 nitrogen and oxygen atoms in total. The number of rotatable bonds is 0. The predicted molar refractivity (Wildman–Crippen MR) is 46.4 cm³/mol. The highest BCUT2D eigenvalue weighted by molar-refractivity contribution is 5.38. The molecule has 0 aromatic heterocycles. The largest absolute Gasteiger partial charge is 0.324 e. The van der Waals surface area contributed by atoms with Gasteiger partial charge in [0.25, 0.3) is 0 Å². The van der Waals surface area contributed by atoms with Gasteiger partial charge in [-0.05, 0) is 42.5 Å². The highest BCUT2D eigenvalue weighted by atomic mass is 19.1. The van der Waals surface area contributed by atoms with Gasteiger partial charge in [0.1, 0.15) is 5.82 Å². The van der Waals surface area contributed by atoms with Crippen molar-refractivity contribution in [3.8, 4) is 0 Å². The Hall–Kier alpha value is -0.890. The monoisotopic (exact) mass is 165 g/mol. The number of aryl methyl sites for hydroxylation is 2. The second kappa shape index (κ2) is 2.56. The van der Waals surface area contributed by atoms with Gasteiger partial charge in [0, 0.05) is 6.04 Å². The van der Waals surface area contributed by atoms with Crippen LogP contribution >= 0.6 is 0 Å². The Balaban J connectivity index is 2.56. The fraction of sp³-hybridized carbons (Fsp3) is 0.400. The molecule has 0 aliphatic heterocycles. The highest BCUT2D eigenvalue weighted by Gasteiger charge is 2.19. The molecule has 1 atom stereocenters. The Morgan fingerprint density at radius 3 is 3.00 bits per heavy atom. The Bertz CT molecular complexity index is 320. The summed E-state index contributed by atoms with van der Waals surface area (Å²) in [5.74, 6) is -0.133. The van der Waals surface area contributed by atoms with Crippen LogP contribution < -0.4 is 5.73 Å². The van der Waals surface area contributed by atoms with Crippen LogP contribution in [-0.2, 0) is 6.42 Å². The van der Waals surface area contributed by atoms with Crippen molar-refractivity contribution in [2.75, 3.05) is 0 Å². The van der Waals surface area contributed by atoms with Crippen LogP contribution in [0.2, 0.25) is 0 Å². The zero-order chi connectivity index (χ0) is 8.72. The highest BCUT2D eigenvalue weighted by Crippen LogP contribution is 2.30.